The van der Waals surface area contributed by atoms with Crippen LogP contribution in [0.25, 0.3) is 0 Å². The molecule has 0 heterocycles. The Bertz CT molecular complexity index is 506. The number of halogens is 5. The summed E-state index contributed by atoms with van der Waals surface area (Å²) in [5.74, 6) is -11.5. The Kier molecular flexibility index (Phi) is 5.04. The number of benzene rings is 1. The monoisotopic (exact) mass is 297 g/mol. The molecule has 1 aromatic rings. The van der Waals surface area contributed by atoms with E-state index in [1.54, 1.807) is 0 Å². The standard InChI is InChI=1S/C12H12F5NO2/c1-3-6(12(19)20)18(2)4-5-7(13)9(15)11(17)10(16)8(5)14/h6H,3-4H2,1-2H3,(H,19,20). The number of hydrogen-bond acceptors (Lipinski definition) is 2. The van der Waals surface area contributed by atoms with Gasteiger partial charge in [-0.3, -0.25) is 9.69 Å². The quantitative estimate of drug-likeness (QED) is 0.516. The van der Waals surface area contributed by atoms with Gasteiger partial charge < -0.3 is 5.11 Å². The van der Waals surface area contributed by atoms with Gasteiger partial charge in [0.05, 0.1) is 0 Å². The third kappa shape index (κ3) is 2.90. The lowest BCUT2D eigenvalue weighted by atomic mass is 10.1. The van der Waals surface area contributed by atoms with Gasteiger partial charge >= 0.3 is 5.97 Å². The van der Waals surface area contributed by atoms with E-state index in [-0.39, 0.29) is 6.42 Å². The molecule has 0 saturated carbocycles. The van der Waals surface area contributed by atoms with Gasteiger partial charge in [-0.2, -0.15) is 0 Å². The number of rotatable bonds is 5. The van der Waals surface area contributed by atoms with E-state index in [4.69, 9.17) is 5.11 Å². The Morgan fingerprint density at radius 3 is 1.80 bits per heavy atom. The van der Waals surface area contributed by atoms with Gasteiger partial charge in [-0.1, -0.05) is 6.92 Å². The molecule has 0 aliphatic carbocycles. The Labute approximate surface area is 111 Å². The van der Waals surface area contributed by atoms with Gasteiger partial charge in [0.15, 0.2) is 23.3 Å². The molecule has 0 radical (unpaired) electrons. The SMILES string of the molecule is CCC(C(=O)O)N(C)Cc1c(F)c(F)c(F)c(F)c1F. The minimum atomic E-state index is -2.24. The number of nitrogens with zero attached hydrogens (tertiary/aromatic N) is 1. The minimum absolute atomic E-state index is 0.112. The fourth-order valence-electron chi connectivity index (χ4n) is 1.82. The molecule has 0 fully saturated rings. The molecular formula is C12H12F5NO2. The van der Waals surface area contributed by atoms with Crippen LogP contribution in [-0.4, -0.2) is 29.1 Å². The van der Waals surface area contributed by atoms with Crippen LogP contribution in [0.3, 0.4) is 0 Å². The van der Waals surface area contributed by atoms with Crippen molar-refractivity contribution in [2.75, 3.05) is 7.05 Å². The Balaban J connectivity index is 3.19. The third-order valence-corrected chi connectivity index (χ3v) is 2.91. The van der Waals surface area contributed by atoms with Crippen LogP contribution in [0.15, 0.2) is 0 Å². The molecule has 0 aliphatic rings. The van der Waals surface area contributed by atoms with Crippen LogP contribution in [-0.2, 0) is 11.3 Å². The smallest absolute Gasteiger partial charge is 0.320 e. The fraction of sp³-hybridized carbons (Fsp3) is 0.417. The van der Waals surface area contributed by atoms with E-state index in [1.807, 2.05) is 0 Å². The molecule has 1 aromatic carbocycles. The molecule has 0 spiro atoms. The van der Waals surface area contributed by atoms with Crippen molar-refractivity contribution in [2.24, 2.45) is 0 Å². The van der Waals surface area contributed by atoms with Crippen molar-refractivity contribution in [3.63, 3.8) is 0 Å². The second-order valence-corrected chi connectivity index (χ2v) is 4.23. The van der Waals surface area contributed by atoms with Crippen molar-refractivity contribution in [3.8, 4) is 0 Å². The number of aliphatic carboxylic acids is 1. The van der Waals surface area contributed by atoms with E-state index in [1.165, 1.54) is 14.0 Å². The first-order chi connectivity index (χ1) is 9.22. The average Bonchev–Trinajstić information content (AvgIpc) is 2.39. The number of hydrogen-bond donors (Lipinski definition) is 1. The maximum absolute atomic E-state index is 13.4. The molecule has 1 unspecified atom stereocenters. The molecular weight excluding hydrogens is 285 g/mol. The topological polar surface area (TPSA) is 40.5 Å². The molecule has 0 aromatic heterocycles. The maximum atomic E-state index is 13.4. The molecule has 112 valence electrons. The summed E-state index contributed by atoms with van der Waals surface area (Å²) in [6.45, 7) is 0.810. The van der Waals surface area contributed by atoms with Crippen LogP contribution in [0, 0.1) is 29.1 Å². The largest absolute Gasteiger partial charge is 0.480 e. The van der Waals surface area contributed by atoms with Gasteiger partial charge in [0, 0.05) is 12.1 Å². The highest BCUT2D eigenvalue weighted by Crippen LogP contribution is 2.24. The minimum Gasteiger partial charge on any atom is -0.480 e. The predicted molar refractivity (Wildman–Crippen MR) is 59.4 cm³/mol. The van der Waals surface area contributed by atoms with E-state index < -0.39 is 53.2 Å². The van der Waals surface area contributed by atoms with Crippen molar-refractivity contribution < 1.29 is 31.9 Å². The van der Waals surface area contributed by atoms with Gasteiger partial charge in [0.25, 0.3) is 0 Å². The van der Waals surface area contributed by atoms with E-state index in [0.717, 1.165) is 4.90 Å². The molecule has 0 bridgehead atoms. The normalized spacial score (nSPS) is 12.8. The van der Waals surface area contributed by atoms with Gasteiger partial charge in [0.1, 0.15) is 6.04 Å². The Morgan fingerprint density at radius 1 is 1.05 bits per heavy atom. The number of carboxylic acids is 1. The molecule has 8 heteroatoms. The summed E-state index contributed by atoms with van der Waals surface area (Å²) in [6, 6.07) is -1.09. The van der Waals surface area contributed by atoms with Crippen molar-refractivity contribution in [1.82, 2.24) is 4.90 Å². The molecule has 0 amide bonds. The molecule has 1 atom stereocenters. The van der Waals surface area contributed by atoms with Crippen molar-refractivity contribution in [3.05, 3.63) is 34.6 Å². The van der Waals surface area contributed by atoms with Crippen LogP contribution < -0.4 is 0 Å². The molecule has 0 saturated heterocycles. The summed E-state index contributed by atoms with van der Waals surface area (Å²) in [5.41, 5.74) is -1.05. The maximum Gasteiger partial charge on any atom is 0.320 e. The van der Waals surface area contributed by atoms with E-state index in [0.29, 0.717) is 0 Å². The Hall–Kier alpha value is -1.70. The molecule has 3 nitrogen and oxygen atoms in total. The molecule has 0 aliphatic heterocycles. The zero-order valence-corrected chi connectivity index (χ0v) is 10.7. The summed E-state index contributed by atoms with van der Waals surface area (Å²) >= 11 is 0. The van der Waals surface area contributed by atoms with Gasteiger partial charge in [-0.25, -0.2) is 22.0 Å². The number of likely N-dealkylation sites (N-methyl/N-ethyl adjacent to an activating group) is 1. The lowest BCUT2D eigenvalue weighted by Crippen LogP contribution is -2.38. The third-order valence-electron chi connectivity index (χ3n) is 2.91. The van der Waals surface area contributed by atoms with E-state index in [9.17, 15) is 26.7 Å². The first-order valence-electron chi connectivity index (χ1n) is 5.65. The van der Waals surface area contributed by atoms with E-state index >= 15 is 0 Å². The van der Waals surface area contributed by atoms with Gasteiger partial charge in [-0.15, -0.1) is 0 Å². The summed E-state index contributed by atoms with van der Waals surface area (Å²) in [4.78, 5) is 11.9. The van der Waals surface area contributed by atoms with Gasteiger partial charge in [0.2, 0.25) is 5.82 Å². The van der Waals surface area contributed by atoms with Crippen LogP contribution in [0.2, 0.25) is 0 Å². The summed E-state index contributed by atoms with van der Waals surface area (Å²) in [5, 5.41) is 8.88. The average molecular weight is 297 g/mol. The number of carboxylic acid groups (broad SMARTS) is 1. The van der Waals surface area contributed by atoms with Crippen molar-refractivity contribution in [1.29, 1.82) is 0 Å². The highest BCUT2D eigenvalue weighted by atomic mass is 19.2. The zero-order chi connectivity index (χ0) is 15.6. The fourth-order valence-corrected chi connectivity index (χ4v) is 1.82. The first-order valence-corrected chi connectivity index (χ1v) is 5.65. The van der Waals surface area contributed by atoms with Crippen molar-refractivity contribution >= 4 is 5.97 Å². The van der Waals surface area contributed by atoms with Crippen LogP contribution in [0.1, 0.15) is 18.9 Å². The summed E-state index contributed by atoms with van der Waals surface area (Å²) in [6.07, 6.45) is 0.112. The molecule has 20 heavy (non-hydrogen) atoms. The lowest BCUT2D eigenvalue weighted by molar-refractivity contribution is -0.143. The first kappa shape index (κ1) is 16.4. The van der Waals surface area contributed by atoms with Crippen LogP contribution in [0.5, 0.6) is 0 Å². The van der Waals surface area contributed by atoms with Gasteiger partial charge in [-0.05, 0) is 13.5 Å². The van der Waals surface area contributed by atoms with Crippen molar-refractivity contribution in [2.45, 2.75) is 25.9 Å². The highest BCUT2D eigenvalue weighted by molar-refractivity contribution is 5.73. The molecule has 1 N–H and O–H groups in total. The van der Waals surface area contributed by atoms with E-state index in [2.05, 4.69) is 0 Å². The lowest BCUT2D eigenvalue weighted by Gasteiger charge is -2.24. The predicted octanol–water partition coefficient (Wildman–Crippen LogP) is 2.68. The number of carbonyl (C=O) groups is 1. The molecule has 1 rings (SSSR count). The second kappa shape index (κ2) is 6.17. The zero-order valence-electron chi connectivity index (χ0n) is 10.7. The van der Waals surface area contributed by atoms with Crippen LogP contribution >= 0.6 is 0 Å². The summed E-state index contributed by atoms with van der Waals surface area (Å²) < 4.78 is 65.7. The second-order valence-electron chi connectivity index (χ2n) is 4.23. The van der Waals surface area contributed by atoms with Crippen LogP contribution in [0.4, 0.5) is 22.0 Å². The highest BCUT2D eigenvalue weighted by Gasteiger charge is 2.28. The summed E-state index contributed by atoms with van der Waals surface area (Å²) in [7, 11) is 1.22. The Morgan fingerprint density at radius 2 is 1.45 bits per heavy atom.